The summed E-state index contributed by atoms with van der Waals surface area (Å²) in [7, 11) is 0. The van der Waals surface area contributed by atoms with E-state index < -0.39 is 5.60 Å². The largest absolute Gasteiger partial charge is 0.394 e. The molecule has 2 aromatic rings. The molecule has 1 heterocycles. The van der Waals surface area contributed by atoms with E-state index in [1.807, 2.05) is 38.1 Å². The van der Waals surface area contributed by atoms with Gasteiger partial charge in [0.1, 0.15) is 0 Å². The molecule has 0 spiro atoms. The summed E-state index contributed by atoms with van der Waals surface area (Å²) in [5, 5.41) is 27.4. The summed E-state index contributed by atoms with van der Waals surface area (Å²) in [6.07, 6.45) is 2.13. The third-order valence-corrected chi connectivity index (χ3v) is 4.27. The van der Waals surface area contributed by atoms with Gasteiger partial charge in [-0.15, -0.1) is 5.10 Å². The molecule has 0 radical (unpaired) electrons. The second kappa shape index (κ2) is 10.8. The molecule has 0 bridgehead atoms. The predicted octanol–water partition coefficient (Wildman–Crippen LogP) is 1.67. The first kappa shape index (κ1) is 22.7. The normalized spacial score (nSPS) is 12.6. The van der Waals surface area contributed by atoms with Crippen LogP contribution in [0.5, 0.6) is 0 Å². The number of ether oxygens (including phenoxy) is 1. The van der Waals surface area contributed by atoms with Crippen molar-refractivity contribution < 1.29 is 14.6 Å². The zero-order valence-corrected chi connectivity index (χ0v) is 17.3. The highest BCUT2D eigenvalue weighted by atomic mass is 16.5. The minimum atomic E-state index is -0.484. The quantitative estimate of drug-likeness (QED) is 0.463. The SMILES string of the molecule is C=CC(=O)Nc1ccc(C(NCC(C)(C)OCCO)c2nnnn2CCC)cc1. The summed E-state index contributed by atoms with van der Waals surface area (Å²) in [5.41, 5.74) is 1.14. The van der Waals surface area contributed by atoms with Crippen molar-refractivity contribution in [3.8, 4) is 0 Å². The zero-order valence-electron chi connectivity index (χ0n) is 17.3. The number of amides is 1. The number of aliphatic hydroxyl groups excluding tert-OH is 1. The van der Waals surface area contributed by atoms with Crippen LogP contribution in [-0.4, -0.2) is 56.6 Å². The van der Waals surface area contributed by atoms with E-state index in [4.69, 9.17) is 9.84 Å². The van der Waals surface area contributed by atoms with Crippen LogP contribution < -0.4 is 10.6 Å². The summed E-state index contributed by atoms with van der Waals surface area (Å²) in [6, 6.07) is 7.23. The maximum Gasteiger partial charge on any atom is 0.247 e. The smallest absolute Gasteiger partial charge is 0.247 e. The minimum absolute atomic E-state index is 0.0283. The van der Waals surface area contributed by atoms with E-state index in [1.165, 1.54) is 6.08 Å². The van der Waals surface area contributed by atoms with Crippen molar-refractivity contribution in [1.82, 2.24) is 25.5 Å². The summed E-state index contributed by atoms with van der Waals surface area (Å²) < 4.78 is 7.49. The van der Waals surface area contributed by atoms with Gasteiger partial charge in [0.2, 0.25) is 5.91 Å². The fourth-order valence-corrected chi connectivity index (χ4v) is 2.82. The number of anilines is 1. The number of nitrogens with one attached hydrogen (secondary N) is 2. The summed E-state index contributed by atoms with van der Waals surface area (Å²) in [5.74, 6) is 0.440. The molecule has 3 N–H and O–H groups in total. The number of carbonyl (C=O) groups excluding carboxylic acids is 1. The van der Waals surface area contributed by atoms with Crippen molar-refractivity contribution in [3.05, 3.63) is 48.3 Å². The van der Waals surface area contributed by atoms with Gasteiger partial charge in [-0.2, -0.15) is 0 Å². The summed E-state index contributed by atoms with van der Waals surface area (Å²) >= 11 is 0. The average Bonchev–Trinajstić information content (AvgIpc) is 3.16. The highest BCUT2D eigenvalue weighted by Crippen LogP contribution is 2.23. The molecule has 0 aliphatic rings. The van der Waals surface area contributed by atoms with E-state index in [0.717, 1.165) is 12.0 Å². The summed E-state index contributed by atoms with van der Waals surface area (Å²) in [4.78, 5) is 11.5. The molecule has 1 aromatic heterocycles. The first-order chi connectivity index (χ1) is 13.9. The lowest BCUT2D eigenvalue weighted by Crippen LogP contribution is -2.41. The number of aliphatic hydroxyl groups is 1. The van der Waals surface area contributed by atoms with Crippen LogP contribution in [-0.2, 0) is 16.1 Å². The lowest BCUT2D eigenvalue weighted by atomic mass is 10.0. The van der Waals surface area contributed by atoms with E-state index in [9.17, 15) is 4.79 Å². The Hall–Kier alpha value is -2.62. The number of carbonyl (C=O) groups is 1. The van der Waals surface area contributed by atoms with Gasteiger partial charge in [0.25, 0.3) is 0 Å². The van der Waals surface area contributed by atoms with Crippen molar-refractivity contribution in [2.45, 2.75) is 45.4 Å². The fourth-order valence-electron chi connectivity index (χ4n) is 2.82. The van der Waals surface area contributed by atoms with Crippen LogP contribution >= 0.6 is 0 Å². The van der Waals surface area contributed by atoms with Gasteiger partial charge < -0.3 is 20.5 Å². The molecule has 9 nitrogen and oxygen atoms in total. The molecule has 1 atom stereocenters. The maximum atomic E-state index is 11.5. The Kier molecular flexibility index (Phi) is 8.44. The third kappa shape index (κ3) is 6.74. The van der Waals surface area contributed by atoms with Crippen molar-refractivity contribution in [1.29, 1.82) is 0 Å². The van der Waals surface area contributed by atoms with Crippen LogP contribution in [0.15, 0.2) is 36.9 Å². The number of aromatic nitrogens is 4. The molecular weight excluding hydrogens is 372 g/mol. The zero-order chi connectivity index (χ0) is 21.3. The lowest BCUT2D eigenvalue weighted by Gasteiger charge is -2.28. The Morgan fingerprint density at radius 2 is 2.10 bits per heavy atom. The molecule has 1 amide bonds. The molecule has 29 heavy (non-hydrogen) atoms. The van der Waals surface area contributed by atoms with Crippen LogP contribution in [0.4, 0.5) is 5.69 Å². The number of aryl methyl sites for hydroxylation is 1. The predicted molar refractivity (Wildman–Crippen MR) is 110 cm³/mol. The number of tetrazole rings is 1. The van der Waals surface area contributed by atoms with Gasteiger partial charge in [0, 0.05) is 18.8 Å². The molecule has 1 unspecified atom stereocenters. The van der Waals surface area contributed by atoms with Crippen molar-refractivity contribution in [2.75, 3.05) is 25.1 Å². The van der Waals surface area contributed by atoms with Gasteiger partial charge in [0.05, 0.1) is 24.9 Å². The van der Waals surface area contributed by atoms with E-state index in [-0.39, 0.29) is 25.2 Å². The standard InChI is InChI=1S/C20H30N6O3/c1-5-11-26-19(23-24-25-26)18(21-14-20(3,4)29-13-12-27)15-7-9-16(10-8-15)22-17(28)6-2/h6-10,18,21,27H,2,5,11-14H2,1,3-4H3,(H,22,28). The average molecular weight is 402 g/mol. The second-order valence-corrected chi connectivity index (χ2v) is 7.22. The highest BCUT2D eigenvalue weighted by Gasteiger charge is 2.25. The minimum Gasteiger partial charge on any atom is -0.394 e. The Bertz CT molecular complexity index is 788. The van der Waals surface area contributed by atoms with E-state index in [2.05, 4.69) is 39.7 Å². The van der Waals surface area contributed by atoms with E-state index in [1.54, 1.807) is 4.68 Å². The van der Waals surface area contributed by atoms with Crippen molar-refractivity contribution in [3.63, 3.8) is 0 Å². The number of rotatable bonds is 12. The Morgan fingerprint density at radius 1 is 1.38 bits per heavy atom. The fraction of sp³-hybridized carbons (Fsp3) is 0.500. The number of nitrogens with zero attached hydrogens (tertiary/aromatic N) is 4. The van der Waals surface area contributed by atoms with Crippen LogP contribution in [0.3, 0.4) is 0 Å². The Labute approximate surface area is 171 Å². The van der Waals surface area contributed by atoms with Gasteiger partial charge in [-0.25, -0.2) is 4.68 Å². The molecule has 2 rings (SSSR count). The lowest BCUT2D eigenvalue weighted by molar-refractivity contribution is -0.111. The molecule has 0 saturated carbocycles. The van der Waals surface area contributed by atoms with E-state index in [0.29, 0.717) is 24.6 Å². The van der Waals surface area contributed by atoms with Crippen LogP contribution in [0.1, 0.15) is 44.6 Å². The molecule has 0 saturated heterocycles. The second-order valence-electron chi connectivity index (χ2n) is 7.22. The number of hydrogen-bond acceptors (Lipinski definition) is 7. The van der Waals surface area contributed by atoms with Gasteiger partial charge in [-0.05, 0) is 54.5 Å². The monoisotopic (exact) mass is 402 g/mol. The van der Waals surface area contributed by atoms with Crippen LogP contribution in [0.2, 0.25) is 0 Å². The Balaban J connectivity index is 2.25. The summed E-state index contributed by atoms with van der Waals surface area (Å²) in [6.45, 7) is 10.9. The molecule has 0 fully saturated rings. The molecule has 9 heteroatoms. The molecule has 0 aliphatic carbocycles. The van der Waals surface area contributed by atoms with Gasteiger partial charge in [0.15, 0.2) is 5.82 Å². The number of hydrogen-bond donors (Lipinski definition) is 3. The molecular formula is C20H30N6O3. The molecule has 1 aromatic carbocycles. The van der Waals surface area contributed by atoms with Gasteiger partial charge >= 0.3 is 0 Å². The van der Waals surface area contributed by atoms with Crippen LogP contribution in [0, 0.1) is 0 Å². The first-order valence-corrected chi connectivity index (χ1v) is 9.68. The third-order valence-electron chi connectivity index (χ3n) is 4.27. The highest BCUT2D eigenvalue weighted by molar-refractivity contribution is 5.98. The first-order valence-electron chi connectivity index (χ1n) is 9.68. The molecule has 0 aliphatic heterocycles. The molecule has 158 valence electrons. The van der Waals surface area contributed by atoms with Crippen molar-refractivity contribution >= 4 is 11.6 Å². The van der Waals surface area contributed by atoms with Gasteiger partial charge in [-0.3, -0.25) is 4.79 Å². The number of benzene rings is 1. The Morgan fingerprint density at radius 3 is 2.72 bits per heavy atom. The van der Waals surface area contributed by atoms with Crippen molar-refractivity contribution in [2.24, 2.45) is 0 Å². The van der Waals surface area contributed by atoms with Crippen LogP contribution in [0.25, 0.3) is 0 Å². The van der Waals surface area contributed by atoms with E-state index >= 15 is 0 Å². The van der Waals surface area contributed by atoms with Gasteiger partial charge in [-0.1, -0.05) is 25.6 Å². The topological polar surface area (TPSA) is 114 Å². The maximum absolute atomic E-state index is 11.5.